The largest absolute Gasteiger partial charge is 0.483 e. The Hall–Kier alpha value is -2.96. The number of benzene rings is 3. The highest BCUT2D eigenvalue weighted by Gasteiger charge is 2.11. The number of ether oxygens (including phenoxy) is 1. The van der Waals surface area contributed by atoms with Gasteiger partial charge in [0, 0.05) is 16.0 Å². The van der Waals surface area contributed by atoms with Crippen LogP contribution in [-0.2, 0) is 4.79 Å². The summed E-state index contributed by atoms with van der Waals surface area (Å²) >= 11 is 7.18. The van der Waals surface area contributed by atoms with Crippen LogP contribution in [0.25, 0.3) is 21.3 Å². The number of aromatic nitrogens is 2. The Kier molecular flexibility index (Phi) is 5.00. The van der Waals surface area contributed by atoms with E-state index < -0.39 is 0 Å². The lowest BCUT2D eigenvalue weighted by Gasteiger charge is -2.08. The van der Waals surface area contributed by atoms with Crippen LogP contribution in [0.2, 0.25) is 5.02 Å². The molecule has 7 heteroatoms. The van der Waals surface area contributed by atoms with Crippen molar-refractivity contribution in [3.63, 3.8) is 0 Å². The van der Waals surface area contributed by atoms with Crippen molar-refractivity contribution in [3.05, 3.63) is 71.8 Å². The molecule has 27 heavy (non-hydrogen) atoms. The maximum absolute atomic E-state index is 12.2. The molecule has 0 fully saturated rings. The number of carbonyl (C=O) groups is 1. The fourth-order valence-corrected chi connectivity index (χ4v) is 3.49. The summed E-state index contributed by atoms with van der Waals surface area (Å²) in [4.78, 5) is 12.2. The van der Waals surface area contributed by atoms with Crippen LogP contribution in [0.15, 0.2) is 66.7 Å². The number of halogens is 1. The third-order valence-electron chi connectivity index (χ3n) is 3.87. The lowest BCUT2D eigenvalue weighted by molar-refractivity contribution is -0.118. The summed E-state index contributed by atoms with van der Waals surface area (Å²) in [6.45, 7) is -0.107. The average Bonchev–Trinajstić information content (AvgIpc) is 3.15. The molecule has 0 bridgehead atoms. The zero-order valence-electron chi connectivity index (χ0n) is 14.1. The van der Waals surface area contributed by atoms with E-state index in [-0.39, 0.29) is 12.5 Å². The first-order chi connectivity index (χ1) is 13.2. The van der Waals surface area contributed by atoms with Crippen molar-refractivity contribution in [3.8, 4) is 16.3 Å². The molecule has 1 N–H and O–H groups in total. The van der Waals surface area contributed by atoms with E-state index >= 15 is 0 Å². The Morgan fingerprint density at radius 2 is 1.78 bits per heavy atom. The van der Waals surface area contributed by atoms with Gasteiger partial charge in [0.1, 0.15) is 10.8 Å². The van der Waals surface area contributed by atoms with Crippen LogP contribution in [0, 0.1) is 0 Å². The second-order valence-electron chi connectivity index (χ2n) is 5.73. The molecular formula is C20H14ClN3O2S. The van der Waals surface area contributed by atoms with Crippen LogP contribution in [0.1, 0.15) is 0 Å². The zero-order chi connectivity index (χ0) is 18.6. The van der Waals surface area contributed by atoms with Crippen molar-refractivity contribution >= 4 is 44.7 Å². The van der Waals surface area contributed by atoms with Gasteiger partial charge in [0.15, 0.2) is 6.61 Å². The first kappa shape index (κ1) is 17.5. The van der Waals surface area contributed by atoms with E-state index in [0.29, 0.717) is 20.9 Å². The molecule has 4 rings (SSSR count). The second kappa shape index (κ2) is 7.73. The summed E-state index contributed by atoms with van der Waals surface area (Å²) in [6.07, 6.45) is 0. The van der Waals surface area contributed by atoms with Crippen LogP contribution in [0.4, 0.5) is 5.13 Å². The highest BCUT2D eigenvalue weighted by atomic mass is 35.5. The summed E-state index contributed by atoms with van der Waals surface area (Å²) in [5.74, 6) is 0.379. The smallest absolute Gasteiger partial charge is 0.264 e. The Labute approximate surface area is 164 Å². The summed E-state index contributed by atoms with van der Waals surface area (Å²) in [7, 11) is 0. The van der Waals surface area contributed by atoms with Gasteiger partial charge in [-0.15, -0.1) is 10.2 Å². The first-order valence-electron chi connectivity index (χ1n) is 8.19. The minimum Gasteiger partial charge on any atom is -0.483 e. The molecule has 0 saturated heterocycles. The van der Waals surface area contributed by atoms with E-state index in [2.05, 4.69) is 15.5 Å². The van der Waals surface area contributed by atoms with Crippen molar-refractivity contribution in [2.75, 3.05) is 11.9 Å². The summed E-state index contributed by atoms with van der Waals surface area (Å²) in [6, 6.07) is 20.9. The van der Waals surface area contributed by atoms with Gasteiger partial charge < -0.3 is 4.74 Å². The van der Waals surface area contributed by atoms with Gasteiger partial charge in [-0.25, -0.2) is 0 Å². The van der Waals surface area contributed by atoms with Gasteiger partial charge in [0.25, 0.3) is 5.91 Å². The Morgan fingerprint density at radius 3 is 2.63 bits per heavy atom. The molecule has 0 aliphatic rings. The average molecular weight is 396 g/mol. The van der Waals surface area contributed by atoms with Crippen LogP contribution in [-0.4, -0.2) is 22.7 Å². The van der Waals surface area contributed by atoms with Crippen molar-refractivity contribution < 1.29 is 9.53 Å². The van der Waals surface area contributed by atoms with Gasteiger partial charge in [-0.1, -0.05) is 71.5 Å². The van der Waals surface area contributed by atoms with Crippen LogP contribution in [0.3, 0.4) is 0 Å². The molecule has 0 atom stereocenters. The van der Waals surface area contributed by atoms with E-state index in [1.165, 1.54) is 11.3 Å². The van der Waals surface area contributed by atoms with E-state index in [9.17, 15) is 4.79 Å². The Morgan fingerprint density at radius 1 is 1.00 bits per heavy atom. The van der Waals surface area contributed by atoms with Gasteiger partial charge in [-0.2, -0.15) is 0 Å². The fraction of sp³-hybridized carbons (Fsp3) is 0.0500. The van der Waals surface area contributed by atoms with E-state index in [0.717, 1.165) is 16.3 Å². The molecule has 0 radical (unpaired) electrons. The maximum Gasteiger partial charge on any atom is 0.264 e. The van der Waals surface area contributed by atoms with Crippen LogP contribution in [0.5, 0.6) is 5.75 Å². The third kappa shape index (κ3) is 4.07. The second-order valence-corrected chi connectivity index (χ2v) is 7.15. The van der Waals surface area contributed by atoms with Crippen molar-refractivity contribution in [2.24, 2.45) is 0 Å². The minimum absolute atomic E-state index is 0.107. The summed E-state index contributed by atoms with van der Waals surface area (Å²) in [5, 5.41) is 14.6. The van der Waals surface area contributed by atoms with Crippen molar-refractivity contribution in [1.29, 1.82) is 0 Å². The number of amides is 1. The number of hydrogen-bond acceptors (Lipinski definition) is 5. The molecule has 0 aliphatic heterocycles. The first-order valence-corrected chi connectivity index (χ1v) is 9.38. The van der Waals surface area contributed by atoms with Crippen LogP contribution >= 0.6 is 22.9 Å². The number of hydrogen-bond donors (Lipinski definition) is 1. The molecule has 0 spiro atoms. The lowest BCUT2D eigenvalue weighted by atomic mass is 10.1. The number of carbonyl (C=O) groups excluding carboxylic acids is 1. The topological polar surface area (TPSA) is 64.1 Å². The molecule has 1 amide bonds. The number of nitrogens with one attached hydrogen (secondary N) is 1. The minimum atomic E-state index is -0.290. The Bertz CT molecular complexity index is 1090. The van der Waals surface area contributed by atoms with Gasteiger partial charge >= 0.3 is 0 Å². The van der Waals surface area contributed by atoms with Gasteiger partial charge in [-0.3, -0.25) is 10.1 Å². The van der Waals surface area contributed by atoms with Gasteiger partial charge in [0.2, 0.25) is 5.13 Å². The van der Waals surface area contributed by atoms with Crippen molar-refractivity contribution in [2.45, 2.75) is 0 Å². The monoisotopic (exact) mass is 395 g/mol. The Balaban J connectivity index is 1.40. The zero-order valence-corrected chi connectivity index (χ0v) is 15.6. The summed E-state index contributed by atoms with van der Waals surface area (Å²) in [5.41, 5.74) is 0.893. The molecule has 134 valence electrons. The third-order valence-corrected chi connectivity index (χ3v) is 5.01. The molecular weight excluding hydrogens is 382 g/mol. The van der Waals surface area contributed by atoms with Gasteiger partial charge in [-0.05, 0) is 23.6 Å². The number of rotatable bonds is 5. The fourth-order valence-electron chi connectivity index (χ4n) is 2.60. The van der Waals surface area contributed by atoms with Gasteiger partial charge in [0.05, 0.1) is 0 Å². The molecule has 1 heterocycles. The predicted molar refractivity (Wildman–Crippen MR) is 108 cm³/mol. The molecule has 0 unspecified atom stereocenters. The van der Waals surface area contributed by atoms with Crippen molar-refractivity contribution in [1.82, 2.24) is 10.2 Å². The number of anilines is 1. The standard InChI is InChI=1S/C20H14ClN3O2S/c21-15-10-8-14(9-11-15)19-23-24-20(27-19)22-18(25)12-26-17-7-3-5-13-4-1-2-6-16(13)17/h1-11H,12H2,(H,22,24,25). The lowest BCUT2D eigenvalue weighted by Crippen LogP contribution is -2.20. The highest BCUT2D eigenvalue weighted by Crippen LogP contribution is 2.28. The molecule has 3 aromatic carbocycles. The molecule has 5 nitrogen and oxygen atoms in total. The van der Waals surface area contributed by atoms with E-state index in [1.807, 2.05) is 54.6 Å². The molecule has 0 aliphatic carbocycles. The highest BCUT2D eigenvalue weighted by molar-refractivity contribution is 7.18. The SMILES string of the molecule is O=C(COc1cccc2ccccc12)Nc1nnc(-c2ccc(Cl)cc2)s1. The summed E-state index contributed by atoms with van der Waals surface area (Å²) < 4.78 is 5.69. The normalized spacial score (nSPS) is 10.7. The maximum atomic E-state index is 12.2. The quantitative estimate of drug-likeness (QED) is 0.514. The predicted octanol–water partition coefficient (Wildman–Crippen LogP) is 5.03. The van der Waals surface area contributed by atoms with E-state index in [1.54, 1.807) is 12.1 Å². The number of nitrogens with zero attached hydrogens (tertiary/aromatic N) is 2. The number of fused-ring (bicyclic) bond motifs is 1. The molecule has 1 aromatic heterocycles. The van der Waals surface area contributed by atoms with E-state index in [4.69, 9.17) is 16.3 Å². The van der Waals surface area contributed by atoms with Crippen LogP contribution < -0.4 is 10.1 Å². The molecule has 0 saturated carbocycles. The molecule has 4 aromatic rings.